The topological polar surface area (TPSA) is 55.6 Å². The van der Waals surface area contributed by atoms with Crippen LogP contribution in [0, 0.1) is 11.8 Å². The Kier molecular flexibility index (Phi) is 4.69. The van der Waals surface area contributed by atoms with Gasteiger partial charge in [0.15, 0.2) is 5.82 Å². The van der Waals surface area contributed by atoms with Crippen LogP contribution in [-0.4, -0.2) is 26.2 Å². The highest BCUT2D eigenvalue weighted by Crippen LogP contribution is 2.30. The van der Waals surface area contributed by atoms with Gasteiger partial charge in [-0.15, -0.1) is 5.10 Å². The molecule has 2 unspecified atom stereocenters. The van der Waals surface area contributed by atoms with Crippen LogP contribution in [0.2, 0.25) is 0 Å². The van der Waals surface area contributed by atoms with E-state index in [1.54, 1.807) is 0 Å². The predicted molar refractivity (Wildman–Crippen MR) is 70.9 cm³/mol. The minimum atomic E-state index is 0.462. The molecule has 0 saturated heterocycles. The van der Waals surface area contributed by atoms with E-state index in [9.17, 15) is 0 Å². The van der Waals surface area contributed by atoms with Crippen molar-refractivity contribution in [2.75, 3.05) is 0 Å². The fraction of sp³-hybridized carbons (Fsp3) is 0.923. The van der Waals surface area contributed by atoms with Gasteiger partial charge >= 0.3 is 0 Å². The molecule has 2 rings (SSSR count). The van der Waals surface area contributed by atoms with Crippen LogP contribution in [0.4, 0.5) is 0 Å². The molecule has 1 aromatic heterocycles. The number of nitrogens with zero attached hydrogens (tertiary/aromatic N) is 4. The summed E-state index contributed by atoms with van der Waals surface area (Å²) < 4.78 is 1.99. The Labute approximate surface area is 109 Å². The first-order chi connectivity index (χ1) is 8.66. The zero-order valence-corrected chi connectivity index (χ0v) is 11.8. The lowest BCUT2D eigenvalue weighted by molar-refractivity contribution is 0.218. The molecule has 1 saturated carbocycles. The molecule has 0 spiro atoms. The van der Waals surface area contributed by atoms with E-state index >= 15 is 0 Å². The van der Waals surface area contributed by atoms with Crippen LogP contribution in [0.3, 0.4) is 0 Å². The van der Waals surface area contributed by atoms with Crippen LogP contribution in [0.5, 0.6) is 0 Å². The summed E-state index contributed by atoms with van der Waals surface area (Å²) in [5, 5.41) is 15.4. The number of hydrogen-bond donors (Lipinski definition) is 1. The monoisotopic (exact) mass is 251 g/mol. The van der Waals surface area contributed by atoms with Crippen molar-refractivity contribution in [1.29, 1.82) is 0 Å². The molecule has 18 heavy (non-hydrogen) atoms. The highest BCUT2D eigenvalue weighted by Gasteiger charge is 2.23. The Bertz CT molecular complexity index is 360. The van der Waals surface area contributed by atoms with Gasteiger partial charge in [0.05, 0.1) is 6.54 Å². The zero-order chi connectivity index (χ0) is 13.0. The Morgan fingerprint density at radius 3 is 2.83 bits per heavy atom. The van der Waals surface area contributed by atoms with E-state index in [1.807, 2.05) is 4.68 Å². The first kappa shape index (κ1) is 13.5. The molecule has 1 fully saturated rings. The first-order valence-corrected chi connectivity index (χ1v) is 7.15. The number of rotatable bonds is 5. The van der Waals surface area contributed by atoms with Gasteiger partial charge in [-0.25, -0.2) is 4.68 Å². The summed E-state index contributed by atoms with van der Waals surface area (Å²) in [6.07, 6.45) is 5.41. The van der Waals surface area contributed by atoms with Crippen molar-refractivity contribution in [3.8, 4) is 0 Å². The summed E-state index contributed by atoms with van der Waals surface area (Å²) in [6.45, 7) is 8.37. The molecule has 0 aliphatic heterocycles. The van der Waals surface area contributed by atoms with Crippen molar-refractivity contribution in [2.45, 2.75) is 65.6 Å². The van der Waals surface area contributed by atoms with Crippen LogP contribution < -0.4 is 5.32 Å². The van der Waals surface area contributed by atoms with E-state index in [0.29, 0.717) is 6.04 Å². The molecule has 2 atom stereocenters. The van der Waals surface area contributed by atoms with Gasteiger partial charge in [-0.1, -0.05) is 40.0 Å². The Morgan fingerprint density at radius 1 is 1.33 bits per heavy atom. The van der Waals surface area contributed by atoms with Gasteiger partial charge in [-0.05, 0) is 28.7 Å². The first-order valence-electron chi connectivity index (χ1n) is 7.15. The Hall–Kier alpha value is -0.970. The maximum absolute atomic E-state index is 4.14. The molecule has 1 heterocycles. The van der Waals surface area contributed by atoms with E-state index in [0.717, 1.165) is 30.7 Å². The highest BCUT2D eigenvalue weighted by molar-refractivity contribution is 4.83. The summed E-state index contributed by atoms with van der Waals surface area (Å²) in [5.41, 5.74) is 0. The zero-order valence-electron chi connectivity index (χ0n) is 11.8. The lowest BCUT2D eigenvalue weighted by atomic mass is 9.80. The molecule has 1 aliphatic carbocycles. The third kappa shape index (κ3) is 3.51. The fourth-order valence-corrected chi connectivity index (χ4v) is 2.67. The smallest absolute Gasteiger partial charge is 0.165 e. The van der Waals surface area contributed by atoms with Gasteiger partial charge in [0.1, 0.15) is 0 Å². The molecule has 0 aromatic carbocycles. The highest BCUT2D eigenvalue weighted by atomic mass is 15.5. The number of nitrogens with one attached hydrogen (secondary N) is 1. The van der Waals surface area contributed by atoms with E-state index in [2.05, 4.69) is 41.6 Å². The summed E-state index contributed by atoms with van der Waals surface area (Å²) >= 11 is 0. The molecule has 5 heteroatoms. The van der Waals surface area contributed by atoms with Crippen LogP contribution >= 0.6 is 0 Å². The van der Waals surface area contributed by atoms with E-state index < -0.39 is 0 Å². The van der Waals surface area contributed by atoms with Gasteiger partial charge in [0.2, 0.25) is 0 Å². The lowest BCUT2D eigenvalue weighted by Gasteiger charge is -2.28. The lowest BCUT2D eigenvalue weighted by Crippen LogP contribution is -2.27. The molecule has 102 valence electrons. The number of aromatic nitrogens is 4. The molecular formula is C13H25N5. The van der Waals surface area contributed by atoms with E-state index in [-0.39, 0.29) is 0 Å². The second kappa shape index (κ2) is 6.27. The number of tetrazole rings is 1. The van der Waals surface area contributed by atoms with Gasteiger partial charge in [-0.2, -0.15) is 0 Å². The Morgan fingerprint density at radius 2 is 2.11 bits per heavy atom. The van der Waals surface area contributed by atoms with Crippen LogP contribution in [0.15, 0.2) is 0 Å². The molecule has 0 radical (unpaired) electrons. The molecule has 1 aliphatic rings. The third-order valence-electron chi connectivity index (χ3n) is 3.97. The van der Waals surface area contributed by atoms with Gasteiger partial charge in [0, 0.05) is 12.6 Å². The maximum atomic E-state index is 4.14. The third-order valence-corrected chi connectivity index (χ3v) is 3.97. The van der Waals surface area contributed by atoms with Crippen molar-refractivity contribution >= 4 is 0 Å². The minimum Gasteiger partial charge on any atom is -0.308 e. The quantitative estimate of drug-likeness (QED) is 0.869. The van der Waals surface area contributed by atoms with Gasteiger partial charge < -0.3 is 5.32 Å². The average Bonchev–Trinajstić information content (AvgIpc) is 2.77. The van der Waals surface area contributed by atoms with Crippen molar-refractivity contribution < 1.29 is 0 Å². The summed E-state index contributed by atoms with van der Waals surface area (Å²) in [4.78, 5) is 0. The molecular weight excluding hydrogens is 226 g/mol. The standard InChI is InChI=1S/C13H25N5/c1-10(2)14-8-13-15-16-17-18(13)9-12-7-5-4-6-11(12)3/h10-12,14H,4-9H2,1-3H3. The van der Waals surface area contributed by atoms with Crippen molar-refractivity contribution in [2.24, 2.45) is 11.8 Å². The molecule has 1 aromatic rings. The summed E-state index contributed by atoms with van der Waals surface area (Å²) in [6, 6.07) is 0.462. The van der Waals surface area contributed by atoms with Crippen molar-refractivity contribution in [3.63, 3.8) is 0 Å². The van der Waals surface area contributed by atoms with Crippen LogP contribution in [0.25, 0.3) is 0 Å². The largest absolute Gasteiger partial charge is 0.308 e. The van der Waals surface area contributed by atoms with Crippen LogP contribution in [-0.2, 0) is 13.1 Å². The van der Waals surface area contributed by atoms with Crippen molar-refractivity contribution in [1.82, 2.24) is 25.5 Å². The summed E-state index contributed by atoms with van der Waals surface area (Å²) in [7, 11) is 0. The molecule has 0 bridgehead atoms. The maximum Gasteiger partial charge on any atom is 0.165 e. The second-order valence-electron chi connectivity index (χ2n) is 5.83. The van der Waals surface area contributed by atoms with Crippen LogP contribution in [0.1, 0.15) is 52.3 Å². The molecule has 0 amide bonds. The van der Waals surface area contributed by atoms with Gasteiger partial charge in [0.25, 0.3) is 0 Å². The molecule has 5 nitrogen and oxygen atoms in total. The van der Waals surface area contributed by atoms with E-state index in [4.69, 9.17) is 0 Å². The van der Waals surface area contributed by atoms with Gasteiger partial charge in [-0.3, -0.25) is 0 Å². The van der Waals surface area contributed by atoms with E-state index in [1.165, 1.54) is 25.7 Å². The molecule has 1 N–H and O–H groups in total. The second-order valence-corrected chi connectivity index (χ2v) is 5.83. The summed E-state index contributed by atoms with van der Waals surface area (Å²) in [5.74, 6) is 2.50. The van der Waals surface area contributed by atoms with Crippen molar-refractivity contribution in [3.05, 3.63) is 5.82 Å². The minimum absolute atomic E-state index is 0.462. The predicted octanol–water partition coefficient (Wildman–Crippen LogP) is 2.00. The average molecular weight is 251 g/mol. The Balaban J connectivity index is 1.94. The SMILES string of the molecule is CC(C)NCc1nnnn1CC1CCCCC1C. The normalized spacial score (nSPS) is 24.7. The fourth-order valence-electron chi connectivity index (χ4n) is 2.67. The number of hydrogen-bond acceptors (Lipinski definition) is 4.